The lowest BCUT2D eigenvalue weighted by Crippen LogP contribution is -3.13. The molecule has 0 unspecified atom stereocenters. The molecule has 0 spiro atoms. The Balaban J connectivity index is 1.38. The number of furan rings is 1. The molecule has 9 heteroatoms. The summed E-state index contributed by atoms with van der Waals surface area (Å²) in [6.07, 6.45) is 0. The van der Waals surface area contributed by atoms with Crippen molar-refractivity contribution in [2.45, 2.75) is 32.2 Å². The Morgan fingerprint density at radius 1 is 1.03 bits per heavy atom. The summed E-state index contributed by atoms with van der Waals surface area (Å²) in [4.78, 5) is 1.56. The lowest BCUT2D eigenvalue weighted by Gasteiger charge is -2.30. The van der Waals surface area contributed by atoms with Gasteiger partial charge in [-0.25, -0.2) is 8.42 Å². The van der Waals surface area contributed by atoms with E-state index in [0.29, 0.717) is 49.4 Å². The third-order valence-corrected chi connectivity index (χ3v) is 7.14. The third-order valence-electron chi connectivity index (χ3n) is 5.23. The predicted molar refractivity (Wildman–Crippen MR) is 106 cm³/mol. The maximum Gasteiger partial charge on any atom is 0.271 e. The molecule has 29 heavy (non-hydrogen) atoms. The van der Waals surface area contributed by atoms with Crippen molar-refractivity contribution in [2.24, 2.45) is 0 Å². The highest BCUT2D eigenvalue weighted by molar-refractivity contribution is 7.89. The second-order valence-electron chi connectivity index (χ2n) is 7.47. The molecule has 0 saturated carbocycles. The Morgan fingerprint density at radius 3 is 2.34 bits per heavy atom. The molecule has 1 N–H and O–H groups in total. The summed E-state index contributed by atoms with van der Waals surface area (Å²) < 4.78 is 38.5. The van der Waals surface area contributed by atoms with Gasteiger partial charge in [-0.2, -0.15) is 4.31 Å². The number of nitrogens with zero attached hydrogens (tertiary/aromatic N) is 3. The first-order valence-corrected chi connectivity index (χ1v) is 11.1. The molecule has 0 atom stereocenters. The number of aromatic nitrogens is 2. The van der Waals surface area contributed by atoms with Gasteiger partial charge in [0.05, 0.1) is 36.6 Å². The number of hydrogen-bond acceptors (Lipinski definition) is 6. The molecule has 0 bridgehead atoms. The topological polar surface area (TPSA) is 93.9 Å². The molecule has 0 amide bonds. The molecule has 3 heterocycles. The quantitative estimate of drug-likeness (QED) is 0.673. The van der Waals surface area contributed by atoms with Crippen molar-refractivity contribution in [3.05, 3.63) is 53.3 Å². The van der Waals surface area contributed by atoms with E-state index in [1.807, 2.05) is 39.0 Å². The highest BCUT2D eigenvalue weighted by Crippen LogP contribution is 2.25. The number of aryl methyl sites for hydroxylation is 3. The van der Waals surface area contributed by atoms with Gasteiger partial charge in [0, 0.05) is 0 Å². The lowest BCUT2D eigenvalue weighted by atomic mass is 10.2. The molecule has 3 aromatic rings. The van der Waals surface area contributed by atoms with E-state index < -0.39 is 10.0 Å². The average molecular weight is 418 g/mol. The van der Waals surface area contributed by atoms with Crippen LogP contribution in [0, 0.1) is 20.8 Å². The van der Waals surface area contributed by atoms with Crippen LogP contribution in [0.1, 0.15) is 23.0 Å². The average Bonchev–Trinajstić information content (AvgIpc) is 3.28. The second kappa shape index (κ2) is 7.74. The molecule has 1 aromatic carbocycles. The van der Waals surface area contributed by atoms with E-state index in [2.05, 4.69) is 10.2 Å². The predicted octanol–water partition coefficient (Wildman–Crippen LogP) is 1.34. The maximum absolute atomic E-state index is 12.8. The van der Waals surface area contributed by atoms with E-state index >= 15 is 0 Å². The van der Waals surface area contributed by atoms with E-state index in [1.54, 1.807) is 16.4 Å². The second-order valence-corrected chi connectivity index (χ2v) is 9.41. The van der Waals surface area contributed by atoms with Crippen molar-refractivity contribution in [1.82, 2.24) is 14.5 Å². The van der Waals surface area contributed by atoms with Crippen LogP contribution >= 0.6 is 0 Å². The molecule has 1 fully saturated rings. The van der Waals surface area contributed by atoms with Gasteiger partial charge in [-0.15, -0.1) is 10.2 Å². The van der Waals surface area contributed by atoms with Crippen molar-refractivity contribution >= 4 is 10.0 Å². The Kier molecular flexibility index (Phi) is 5.28. The highest BCUT2D eigenvalue weighted by atomic mass is 32.2. The number of nitrogens with one attached hydrogen (secondary N) is 1. The van der Waals surface area contributed by atoms with Gasteiger partial charge in [0.1, 0.15) is 11.5 Å². The van der Waals surface area contributed by atoms with Gasteiger partial charge in [-0.05, 0) is 39.0 Å². The van der Waals surface area contributed by atoms with Gasteiger partial charge in [-0.1, -0.05) is 17.7 Å². The summed E-state index contributed by atoms with van der Waals surface area (Å²) in [6, 6.07) is 8.87. The molecule has 0 aliphatic carbocycles. The number of sulfonamides is 1. The largest absolute Gasteiger partial charge is 0.466 e. The molecule has 0 radical (unpaired) electrons. The number of benzene rings is 1. The molecular formula is C20H25N4O4S+. The Morgan fingerprint density at radius 2 is 1.72 bits per heavy atom. The van der Waals surface area contributed by atoms with Crippen LogP contribution in [0.4, 0.5) is 0 Å². The summed E-state index contributed by atoms with van der Waals surface area (Å²) in [7, 11) is -3.45. The molecule has 154 valence electrons. The van der Waals surface area contributed by atoms with Crippen LogP contribution in [0.5, 0.6) is 0 Å². The first-order valence-electron chi connectivity index (χ1n) is 9.63. The zero-order chi connectivity index (χ0) is 20.6. The van der Waals surface area contributed by atoms with Crippen LogP contribution in [-0.4, -0.2) is 49.1 Å². The minimum absolute atomic E-state index is 0.346. The third kappa shape index (κ3) is 4.12. The van der Waals surface area contributed by atoms with Crippen molar-refractivity contribution in [3.8, 4) is 11.5 Å². The number of piperazine rings is 1. The van der Waals surface area contributed by atoms with Gasteiger partial charge in [0.2, 0.25) is 10.0 Å². The minimum atomic E-state index is -3.45. The van der Waals surface area contributed by atoms with E-state index in [9.17, 15) is 8.42 Å². The van der Waals surface area contributed by atoms with Crippen LogP contribution < -0.4 is 4.90 Å². The van der Waals surface area contributed by atoms with Gasteiger partial charge in [0.25, 0.3) is 11.8 Å². The van der Waals surface area contributed by atoms with Crippen LogP contribution in [0.2, 0.25) is 0 Å². The van der Waals surface area contributed by atoms with E-state index in [1.165, 1.54) is 4.90 Å². The fourth-order valence-electron chi connectivity index (χ4n) is 3.57. The van der Waals surface area contributed by atoms with E-state index in [-0.39, 0.29) is 0 Å². The molecule has 1 aliphatic heterocycles. The number of hydrogen-bond donors (Lipinski definition) is 1. The zero-order valence-electron chi connectivity index (χ0n) is 16.8. The molecule has 1 aliphatic rings. The van der Waals surface area contributed by atoms with Gasteiger partial charge in [-0.3, -0.25) is 0 Å². The maximum atomic E-state index is 12.8. The molecule has 8 nitrogen and oxygen atoms in total. The molecular weight excluding hydrogens is 392 g/mol. The van der Waals surface area contributed by atoms with Crippen LogP contribution in [-0.2, 0) is 16.6 Å². The molecule has 4 rings (SSSR count). The highest BCUT2D eigenvalue weighted by Gasteiger charge is 2.31. The van der Waals surface area contributed by atoms with Gasteiger partial charge < -0.3 is 13.7 Å². The molecule has 2 aromatic heterocycles. The summed E-state index contributed by atoms with van der Waals surface area (Å²) in [5.74, 6) is 2.55. The monoisotopic (exact) mass is 417 g/mol. The summed E-state index contributed by atoms with van der Waals surface area (Å²) in [5, 5.41) is 8.28. The Bertz CT molecular complexity index is 1090. The van der Waals surface area contributed by atoms with Crippen molar-refractivity contribution in [3.63, 3.8) is 0 Å². The lowest BCUT2D eigenvalue weighted by molar-refractivity contribution is -0.918. The minimum Gasteiger partial charge on any atom is -0.466 e. The smallest absolute Gasteiger partial charge is 0.271 e. The van der Waals surface area contributed by atoms with Crippen molar-refractivity contribution < 1.29 is 22.2 Å². The SMILES string of the molecule is Cc1ccc(S(=O)(=O)N2CC[NH+](Cc3nnc(-c4cc(C)oc4C)o3)CC2)cc1. The number of rotatable bonds is 5. The van der Waals surface area contributed by atoms with Crippen molar-refractivity contribution in [1.29, 1.82) is 0 Å². The first-order chi connectivity index (χ1) is 13.8. The van der Waals surface area contributed by atoms with E-state index in [4.69, 9.17) is 8.83 Å². The van der Waals surface area contributed by atoms with Crippen LogP contribution in [0.3, 0.4) is 0 Å². The van der Waals surface area contributed by atoms with Crippen LogP contribution in [0.15, 0.2) is 44.1 Å². The number of quaternary nitrogens is 1. The van der Waals surface area contributed by atoms with Crippen molar-refractivity contribution in [2.75, 3.05) is 26.2 Å². The fraction of sp³-hybridized carbons (Fsp3) is 0.400. The summed E-state index contributed by atoms with van der Waals surface area (Å²) in [5.41, 5.74) is 1.85. The first kappa shape index (κ1) is 19.8. The Hall–Kier alpha value is -2.49. The summed E-state index contributed by atoms with van der Waals surface area (Å²) in [6.45, 7) is 8.56. The Labute approximate surface area is 170 Å². The standard InChI is InChI=1S/C20H24N4O4S/c1-14-4-6-17(7-5-14)29(25,26)24-10-8-23(9-11-24)13-19-21-22-20(28-19)18-12-15(2)27-16(18)3/h4-7,12H,8-11,13H2,1-3H3/p+1. The summed E-state index contributed by atoms with van der Waals surface area (Å²) >= 11 is 0. The van der Waals surface area contributed by atoms with E-state index in [0.717, 1.165) is 22.6 Å². The molecule has 1 saturated heterocycles. The zero-order valence-corrected chi connectivity index (χ0v) is 17.6. The van der Waals surface area contributed by atoms with Gasteiger partial charge >= 0.3 is 0 Å². The van der Waals surface area contributed by atoms with Gasteiger partial charge in [0.15, 0.2) is 6.54 Å². The normalized spacial score (nSPS) is 16.4. The van der Waals surface area contributed by atoms with Crippen LogP contribution in [0.25, 0.3) is 11.5 Å². The fourth-order valence-corrected chi connectivity index (χ4v) is 5.01.